The summed E-state index contributed by atoms with van der Waals surface area (Å²) >= 11 is 0. The molecule has 4 heteroatoms. The zero-order valence-corrected chi connectivity index (χ0v) is 7.87. The fourth-order valence-electron chi connectivity index (χ4n) is 0.760. The van der Waals surface area contributed by atoms with Gasteiger partial charge in [0.15, 0.2) is 5.78 Å². The fourth-order valence-corrected chi connectivity index (χ4v) is 0.760. The Bertz CT molecular complexity index is 183. The van der Waals surface area contributed by atoms with Crippen molar-refractivity contribution in [2.24, 2.45) is 22.4 Å². The van der Waals surface area contributed by atoms with Gasteiger partial charge in [0.25, 0.3) is 0 Å². The Morgan fingerprint density at radius 2 is 2.00 bits per heavy atom. The molecule has 0 saturated heterocycles. The first kappa shape index (κ1) is 11.1. The van der Waals surface area contributed by atoms with Crippen LogP contribution in [0.4, 0.5) is 0 Å². The first-order valence-electron chi connectivity index (χ1n) is 4.01. The molecule has 0 aliphatic rings. The summed E-state index contributed by atoms with van der Waals surface area (Å²) in [6.07, 6.45) is 0. The van der Waals surface area contributed by atoms with Crippen molar-refractivity contribution < 1.29 is 4.79 Å². The normalized spacial score (nSPS) is 14.9. The molecular weight excluding hydrogens is 154 g/mol. The summed E-state index contributed by atoms with van der Waals surface area (Å²) < 4.78 is 0. The van der Waals surface area contributed by atoms with Gasteiger partial charge in [-0.05, 0) is 6.92 Å². The average Bonchev–Trinajstić information content (AvgIpc) is 1.98. The van der Waals surface area contributed by atoms with E-state index in [0.717, 1.165) is 0 Å². The second-order valence-corrected chi connectivity index (χ2v) is 3.15. The molecule has 0 spiro atoms. The van der Waals surface area contributed by atoms with Crippen LogP contribution in [0.2, 0.25) is 0 Å². The van der Waals surface area contributed by atoms with E-state index in [1.54, 1.807) is 6.92 Å². The Hall–Kier alpha value is -0.900. The van der Waals surface area contributed by atoms with Crippen LogP contribution >= 0.6 is 0 Å². The second kappa shape index (κ2) is 4.87. The van der Waals surface area contributed by atoms with Gasteiger partial charge >= 0.3 is 0 Å². The number of Topliss-reactive ketones (excluding diaryl/α,β-unsaturated/α-hetero) is 1. The van der Waals surface area contributed by atoms with Crippen LogP contribution in [-0.4, -0.2) is 24.2 Å². The largest absolute Gasteiger partial charge is 0.388 e. The van der Waals surface area contributed by atoms with Crippen LogP contribution in [0.25, 0.3) is 0 Å². The van der Waals surface area contributed by atoms with Gasteiger partial charge < -0.3 is 11.5 Å². The molecule has 0 aliphatic heterocycles. The lowest BCUT2D eigenvalue weighted by atomic mass is 10.0. The summed E-state index contributed by atoms with van der Waals surface area (Å²) in [5.74, 6) is 0.454. The molecule has 70 valence electrons. The molecule has 0 rings (SSSR count). The van der Waals surface area contributed by atoms with Crippen molar-refractivity contribution in [1.29, 1.82) is 0 Å². The van der Waals surface area contributed by atoms with E-state index >= 15 is 0 Å². The van der Waals surface area contributed by atoms with Gasteiger partial charge in [-0.15, -0.1) is 0 Å². The lowest BCUT2D eigenvalue weighted by molar-refractivity contribution is -0.122. The van der Waals surface area contributed by atoms with Gasteiger partial charge in [0.1, 0.15) is 0 Å². The number of nitrogens with two attached hydrogens (primary N) is 2. The zero-order chi connectivity index (χ0) is 9.72. The van der Waals surface area contributed by atoms with Crippen LogP contribution in [0.3, 0.4) is 0 Å². The maximum Gasteiger partial charge on any atom is 0.153 e. The summed E-state index contributed by atoms with van der Waals surface area (Å²) in [7, 11) is 0. The number of hydrogen-bond donors (Lipinski definition) is 2. The third-order valence-electron chi connectivity index (χ3n) is 1.47. The monoisotopic (exact) mass is 171 g/mol. The number of carbonyl (C=O) groups excluding carboxylic acids is 1. The van der Waals surface area contributed by atoms with Crippen LogP contribution in [0.5, 0.6) is 0 Å². The predicted molar refractivity (Wildman–Crippen MR) is 50.0 cm³/mol. The zero-order valence-electron chi connectivity index (χ0n) is 7.87. The highest BCUT2D eigenvalue weighted by molar-refractivity contribution is 5.86. The van der Waals surface area contributed by atoms with Gasteiger partial charge in [0, 0.05) is 5.92 Å². The van der Waals surface area contributed by atoms with E-state index < -0.39 is 6.04 Å². The molecule has 0 aromatic rings. The van der Waals surface area contributed by atoms with Gasteiger partial charge in [0.2, 0.25) is 0 Å². The van der Waals surface area contributed by atoms with Crippen molar-refractivity contribution in [1.82, 2.24) is 0 Å². The molecule has 0 radical (unpaired) electrons. The molecule has 0 aromatic heterocycles. The average molecular weight is 171 g/mol. The van der Waals surface area contributed by atoms with Gasteiger partial charge in [-0.2, -0.15) is 0 Å². The first-order valence-corrected chi connectivity index (χ1v) is 4.01. The summed E-state index contributed by atoms with van der Waals surface area (Å²) in [5, 5.41) is 0. The maximum atomic E-state index is 11.2. The van der Waals surface area contributed by atoms with Crippen molar-refractivity contribution >= 4 is 11.6 Å². The van der Waals surface area contributed by atoms with Crippen LogP contribution in [0.1, 0.15) is 20.8 Å². The molecule has 0 saturated carbocycles. The van der Waals surface area contributed by atoms with E-state index in [-0.39, 0.29) is 11.7 Å². The molecule has 12 heavy (non-hydrogen) atoms. The van der Waals surface area contributed by atoms with E-state index in [2.05, 4.69) is 4.99 Å². The second-order valence-electron chi connectivity index (χ2n) is 3.15. The molecular formula is C8H17N3O. The molecule has 0 bridgehead atoms. The molecule has 0 aliphatic carbocycles. The Kier molecular flexibility index (Phi) is 4.51. The number of rotatable bonds is 4. The summed E-state index contributed by atoms with van der Waals surface area (Å²) in [4.78, 5) is 15.1. The van der Waals surface area contributed by atoms with Gasteiger partial charge in [-0.25, -0.2) is 0 Å². The number of aliphatic imine (C=N–C) groups is 1. The summed E-state index contributed by atoms with van der Waals surface area (Å²) in [6.45, 7) is 5.61. The van der Waals surface area contributed by atoms with E-state index in [4.69, 9.17) is 11.5 Å². The number of carbonyl (C=O) groups is 1. The van der Waals surface area contributed by atoms with Gasteiger partial charge in [-0.3, -0.25) is 9.79 Å². The Labute approximate surface area is 73.0 Å². The smallest absolute Gasteiger partial charge is 0.153 e. The number of ketones is 1. The van der Waals surface area contributed by atoms with E-state index in [9.17, 15) is 4.79 Å². The van der Waals surface area contributed by atoms with E-state index in [0.29, 0.717) is 12.4 Å². The fraction of sp³-hybridized carbons (Fsp3) is 0.750. The molecule has 4 N–H and O–H groups in total. The third-order valence-corrected chi connectivity index (χ3v) is 1.47. The minimum Gasteiger partial charge on any atom is -0.388 e. The highest BCUT2D eigenvalue weighted by Crippen LogP contribution is 1.97. The number of hydrogen-bond acceptors (Lipinski definition) is 3. The van der Waals surface area contributed by atoms with E-state index in [1.807, 2.05) is 13.8 Å². The van der Waals surface area contributed by atoms with Crippen molar-refractivity contribution in [3.05, 3.63) is 0 Å². The quantitative estimate of drug-likeness (QED) is 0.458. The molecule has 1 atom stereocenters. The third kappa shape index (κ3) is 4.08. The predicted octanol–water partition coefficient (Wildman–Crippen LogP) is -0.0841. The minimum absolute atomic E-state index is 0.0278. The van der Waals surface area contributed by atoms with Crippen molar-refractivity contribution in [2.45, 2.75) is 26.8 Å². The minimum atomic E-state index is -0.511. The lowest BCUT2D eigenvalue weighted by Crippen LogP contribution is -2.36. The first-order chi connectivity index (χ1) is 5.45. The number of amidine groups is 1. The van der Waals surface area contributed by atoms with Crippen LogP contribution < -0.4 is 11.5 Å². The topological polar surface area (TPSA) is 81.5 Å². The molecule has 0 unspecified atom stereocenters. The van der Waals surface area contributed by atoms with E-state index in [1.165, 1.54) is 0 Å². The standard InChI is InChI=1S/C8H17N3O/c1-5(2)8(12)7(10)4-11-6(3)9/h5,7H,4,10H2,1-3H3,(H2,9,11)/t7-/m0/s1. The molecule has 0 amide bonds. The summed E-state index contributed by atoms with van der Waals surface area (Å²) in [6, 6.07) is -0.511. The van der Waals surface area contributed by atoms with Crippen LogP contribution in [0.15, 0.2) is 4.99 Å². The highest BCUT2D eigenvalue weighted by atomic mass is 16.1. The maximum absolute atomic E-state index is 11.2. The van der Waals surface area contributed by atoms with Crippen molar-refractivity contribution in [3.63, 3.8) is 0 Å². The lowest BCUT2D eigenvalue weighted by Gasteiger charge is -2.10. The molecule has 4 nitrogen and oxygen atoms in total. The summed E-state index contributed by atoms with van der Waals surface area (Å²) in [5.41, 5.74) is 10.9. The van der Waals surface area contributed by atoms with Crippen molar-refractivity contribution in [3.8, 4) is 0 Å². The Morgan fingerprint density at radius 3 is 2.33 bits per heavy atom. The van der Waals surface area contributed by atoms with Crippen LogP contribution in [-0.2, 0) is 4.79 Å². The Balaban J connectivity index is 3.96. The highest BCUT2D eigenvalue weighted by Gasteiger charge is 2.15. The Morgan fingerprint density at radius 1 is 1.50 bits per heavy atom. The van der Waals surface area contributed by atoms with Crippen molar-refractivity contribution in [2.75, 3.05) is 6.54 Å². The molecule has 0 fully saturated rings. The SMILES string of the molecule is CC(N)=NC[C@H](N)C(=O)C(C)C. The van der Waals surface area contributed by atoms with Gasteiger partial charge in [0.05, 0.1) is 18.4 Å². The number of nitrogens with zero attached hydrogens (tertiary/aromatic N) is 1. The van der Waals surface area contributed by atoms with Gasteiger partial charge in [-0.1, -0.05) is 13.8 Å². The molecule has 0 heterocycles. The van der Waals surface area contributed by atoms with Crippen LogP contribution in [0, 0.1) is 5.92 Å². The molecule has 0 aromatic carbocycles.